The highest BCUT2D eigenvalue weighted by molar-refractivity contribution is 6.04. The van der Waals surface area contributed by atoms with Crippen molar-refractivity contribution in [1.82, 2.24) is 0 Å². The minimum Gasteiger partial charge on any atom is -0.508 e. The zero-order valence-electron chi connectivity index (χ0n) is 8.41. The fraction of sp³-hybridized carbons (Fsp3) is 0.0909. The maximum absolute atomic E-state index is 9.12. The third kappa shape index (κ3) is 2.26. The Labute approximate surface area is 92.3 Å². The van der Waals surface area contributed by atoms with E-state index in [2.05, 4.69) is 9.98 Å². The second-order valence-corrected chi connectivity index (χ2v) is 3.33. The highest BCUT2D eigenvalue weighted by Crippen LogP contribution is 2.14. The van der Waals surface area contributed by atoms with E-state index in [0.717, 1.165) is 5.56 Å². The third-order valence-corrected chi connectivity index (χ3v) is 2.08. The number of phenols is 1. The summed E-state index contributed by atoms with van der Waals surface area (Å²) in [7, 11) is 0. The summed E-state index contributed by atoms with van der Waals surface area (Å²) in [4.78, 5) is 7.74. The Hall–Kier alpha value is -2.14. The Balaban J connectivity index is 2.28. The van der Waals surface area contributed by atoms with Gasteiger partial charge in [0.15, 0.2) is 6.23 Å². The van der Waals surface area contributed by atoms with E-state index in [1.807, 2.05) is 0 Å². The number of rotatable bonds is 1. The first kappa shape index (κ1) is 10.4. The number of phenolic OH excluding ortho intramolecular Hbond substituents is 1. The molecule has 82 valence electrons. The Kier molecular flexibility index (Phi) is 2.70. The van der Waals surface area contributed by atoms with Crippen LogP contribution in [0.5, 0.6) is 5.75 Å². The number of amidine groups is 1. The number of benzene rings is 1. The Morgan fingerprint density at radius 2 is 1.94 bits per heavy atom. The van der Waals surface area contributed by atoms with Gasteiger partial charge in [0.1, 0.15) is 17.3 Å². The van der Waals surface area contributed by atoms with E-state index in [0.29, 0.717) is 5.70 Å². The van der Waals surface area contributed by atoms with E-state index < -0.39 is 6.23 Å². The summed E-state index contributed by atoms with van der Waals surface area (Å²) in [6, 6.07) is 6.61. The summed E-state index contributed by atoms with van der Waals surface area (Å²) in [6.07, 6.45) is 2.07. The van der Waals surface area contributed by atoms with Crippen LogP contribution in [0.25, 0.3) is 6.08 Å². The molecule has 0 radical (unpaired) electrons. The number of aliphatic hydroxyl groups excluding tert-OH is 1. The van der Waals surface area contributed by atoms with Crippen molar-refractivity contribution in [1.29, 1.82) is 0 Å². The fourth-order valence-electron chi connectivity index (χ4n) is 1.29. The van der Waals surface area contributed by atoms with Gasteiger partial charge in [0.25, 0.3) is 0 Å². The highest BCUT2D eigenvalue weighted by Gasteiger charge is 2.09. The Morgan fingerprint density at radius 3 is 2.56 bits per heavy atom. The first-order valence-electron chi connectivity index (χ1n) is 4.72. The van der Waals surface area contributed by atoms with Gasteiger partial charge < -0.3 is 15.9 Å². The maximum Gasteiger partial charge on any atom is 0.183 e. The van der Waals surface area contributed by atoms with Crippen molar-refractivity contribution in [2.45, 2.75) is 6.23 Å². The molecule has 0 fully saturated rings. The molecule has 1 atom stereocenters. The van der Waals surface area contributed by atoms with Gasteiger partial charge in [-0.05, 0) is 23.8 Å². The van der Waals surface area contributed by atoms with Gasteiger partial charge in [-0.3, -0.25) is 4.99 Å². The van der Waals surface area contributed by atoms with Crippen LogP contribution in [0.1, 0.15) is 5.56 Å². The molecule has 1 heterocycles. The molecule has 1 aromatic rings. The molecular weight excluding hydrogens is 206 g/mol. The lowest BCUT2D eigenvalue weighted by atomic mass is 10.1. The molecule has 0 bridgehead atoms. The van der Waals surface area contributed by atoms with Crippen LogP contribution in [0.3, 0.4) is 0 Å². The third-order valence-electron chi connectivity index (χ3n) is 2.08. The van der Waals surface area contributed by atoms with Crippen LogP contribution in [0.4, 0.5) is 0 Å². The topological polar surface area (TPSA) is 91.2 Å². The van der Waals surface area contributed by atoms with Gasteiger partial charge in [-0.1, -0.05) is 12.1 Å². The molecule has 1 aromatic carbocycles. The Bertz CT molecular complexity index is 475. The van der Waals surface area contributed by atoms with Crippen LogP contribution in [0, 0.1) is 0 Å². The second-order valence-electron chi connectivity index (χ2n) is 3.33. The second kappa shape index (κ2) is 4.16. The first-order valence-corrected chi connectivity index (χ1v) is 4.72. The van der Waals surface area contributed by atoms with Gasteiger partial charge in [-0.25, -0.2) is 4.99 Å². The van der Waals surface area contributed by atoms with Crippen molar-refractivity contribution in [3.63, 3.8) is 0 Å². The van der Waals surface area contributed by atoms with Gasteiger partial charge in [0.2, 0.25) is 0 Å². The number of aliphatic imine (C=N–C) groups is 2. The van der Waals surface area contributed by atoms with E-state index in [-0.39, 0.29) is 11.6 Å². The molecule has 16 heavy (non-hydrogen) atoms. The predicted octanol–water partition coefficient (Wildman–Crippen LogP) is 0.493. The van der Waals surface area contributed by atoms with Crippen LogP contribution in [0.2, 0.25) is 0 Å². The van der Waals surface area contributed by atoms with E-state index in [1.54, 1.807) is 30.3 Å². The molecule has 0 aromatic heterocycles. The quantitative estimate of drug-likeness (QED) is 0.639. The molecule has 1 unspecified atom stereocenters. The monoisotopic (exact) mass is 217 g/mol. The number of hydrogen-bond acceptors (Lipinski definition) is 5. The molecule has 0 spiro atoms. The van der Waals surface area contributed by atoms with Crippen molar-refractivity contribution in [2.24, 2.45) is 15.7 Å². The zero-order chi connectivity index (χ0) is 11.5. The van der Waals surface area contributed by atoms with Crippen LogP contribution in [-0.2, 0) is 0 Å². The van der Waals surface area contributed by atoms with Gasteiger partial charge in [-0.15, -0.1) is 0 Å². The van der Waals surface area contributed by atoms with Crippen molar-refractivity contribution in [3.8, 4) is 5.75 Å². The lowest BCUT2D eigenvalue weighted by Crippen LogP contribution is -2.23. The summed E-state index contributed by atoms with van der Waals surface area (Å²) in [6.45, 7) is 0. The van der Waals surface area contributed by atoms with Crippen LogP contribution >= 0.6 is 0 Å². The normalized spacial score (nSPS) is 22.2. The minimum absolute atomic E-state index is 0.197. The molecule has 5 nitrogen and oxygen atoms in total. The van der Waals surface area contributed by atoms with E-state index in [4.69, 9.17) is 15.9 Å². The smallest absolute Gasteiger partial charge is 0.183 e. The standard InChI is InChI=1S/C11H11N3O2/c12-11-9(13-6-10(16)14-11)5-7-1-3-8(15)4-2-7/h1-6,10,15-16H,(H2,12,14)/b9-5-. The summed E-state index contributed by atoms with van der Waals surface area (Å²) >= 11 is 0. The average Bonchev–Trinajstić information content (AvgIpc) is 2.25. The summed E-state index contributed by atoms with van der Waals surface area (Å²) in [5, 5.41) is 18.2. The number of hydrogen-bond donors (Lipinski definition) is 3. The van der Waals surface area contributed by atoms with Crippen molar-refractivity contribution in [2.75, 3.05) is 0 Å². The van der Waals surface area contributed by atoms with Gasteiger partial charge in [-0.2, -0.15) is 0 Å². The van der Waals surface area contributed by atoms with Crippen LogP contribution in [-0.4, -0.2) is 28.5 Å². The SMILES string of the molecule is NC1=NC(O)C=N/C1=C\c1ccc(O)cc1. The number of aromatic hydroxyl groups is 1. The molecule has 5 heteroatoms. The number of aliphatic hydroxyl groups is 1. The molecule has 4 N–H and O–H groups in total. The molecule has 2 rings (SSSR count). The summed E-state index contributed by atoms with van der Waals surface area (Å²) in [5.74, 6) is 0.398. The molecule has 1 aliphatic rings. The predicted molar refractivity (Wildman–Crippen MR) is 62.2 cm³/mol. The zero-order valence-corrected chi connectivity index (χ0v) is 8.41. The Morgan fingerprint density at radius 1 is 1.25 bits per heavy atom. The van der Waals surface area contributed by atoms with Crippen molar-refractivity contribution >= 4 is 18.1 Å². The van der Waals surface area contributed by atoms with E-state index >= 15 is 0 Å². The molecule has 1 aliphatic heterocycles. The first-order chi connectivity index (χ1) is 7.65. The largest absolute Gasteiger partial charge is 0.508 e. The minimum atomic E-state index is -0.961. The summed E-state index contributed by atoms with van der Waals surface area (Å²) in [5.41, 5.74) is 6.95. The maximum atomic E-state index is 9.12. The average molecular weight is 217 g/mol. The number of nitrogens with zero attached hydrogens (tertiary/aromatic N) is 2. The lowest BCUT2D eigenvalue weighted by Gasteiger charge is -2.09. The molecule has 0 amide bonds. The molecule has 0 aliphatic carbocycles. The lowest BCUT2D eigenvalue weighted by molar-refractivity contribution is 0.256. The van der Waals surface area contributed by atoms with Gasteiger partial charge in [0, 0.05) is 0 Å². The van der Waals surface area contributed by atoms with E-state index in [1.165, 1.54) is 6.21 Å². The number of nitrogens with two attached hydrogens (primary N) is 1. The van der Waals surface area contributed by atoms with Crippen molar-refractivity contribution < 1.29 is 10.2 Å². The van der Waals surface area contributed by atoms with Gasteiger partial charge >= 0.3 is 0 Å². The molecular formula is C11H11N3O2. The van der Waals surface area contributed by atoms with E-state index in [9.17, 15) is 0 Å². The van der Waals surface area contributed by atoms with Crippen molar-refractivity contribution in [3.05, 3.63) is 35.5 Å². The molecule has 0 saturated heterocycles. The van der Waals surface area contributed by atoms with Gasteiger partial charge in [0.05, 0.1) is 6.21 Å². The summed E-state index contributed by atoms with van der Waals surface area (Å²) < 4.78 is 0. The highest BCUT2D eigenvalue weighted by atomic mass is 16.3. The fourth-order valence-corrected chi connectivity index (χ4v) is 1.29. The molecule has 0 saturated carbocycles. The van der Waals surface area contributed by atoms with Crippen LogP contribution in [0.15, 0.2) is 39.9 Å². The van der Waals surface area contributed by atoms with Crippen LogP contribution < -0.4 is 5.73 Å².